The van der Waals surface area contributed by atoms with Gasteiger partial charge in [0, 0.05) is 16.5 Å². The van der Waals surface area contributed by atoms with Gasteiger partial charge in [0.05, 0.1) is 13.2 Å². The van der Waals surface area contributed by atoms with Crippen molar-refractivity contribution >= 4 is 27.9 Å². The number of rotatable bonds is 2. The molecule has 5 nitrogen and oxygen atoms in total. The molecule has 2 aliphatic rings. The molecular formula is C12H11BrN2O3. The van der Waals surface area contributed by atoms with Crippen LogP contribution in [0.5, 0.6) is 5.75 Å². The molecule has 1 aromatic carbocycles. The van der Waals surface area contributed by atoms with Crippen LogP contribution in [0.1, 0.15) is 11.1 Å². The Bertz CT molecular complexity index is 544. The van der Waals surface area contributed by atoms with Crippen molar-refractivity contribution in [2.75, 3.05) is 13.2 Å². The number of hydrogen-bond donors (Lipinski definition) is 1. The zero-order valence-corrected chi connectivity index (χ0v) is 11.1. The van der Waals surface area contributed by atoms with E-state index in [1.165, 1.54) is 4.90 Å². The quantitative estimate of drug-likeness (QED) is 0.841. The summed E-state index contributed by atoms with van der Waals surface area (Å²) in [6.07, 6.45) is 0.882. The monoisotopic (exact) mass is 310 g/mol. The van der Waals surface area contributed by atoms with E-state index < -0.39 is 0 Å². The summed E-state index contributed by atoms with van der Waals surface area (Å²) in [5.74, 6) is 0.595. The predicted octanol–water partition coefficient (Wildman–Crippen LogP) is 1.44. The van der Waals surface area contributed by atoms with E-state index in [0.717, 1.165) is 27.8 Å². The zero-order valence-electron chi connectivity index (χ0n) is 9.53. The van der Waals surface area contributed by atoms with E-state index in [0.29, 0.717) is 13.2 Å². The first-order valence-electron chi connectivity index (χ1n) is 5.66. The van der Waals surface area contributed by atoms with Crippen LogP contribution in [0.4, 0.5) is 4.79 Å². The van der Waals surface area contributed by atoms with Gasteiger partial charge in [-0.15, -0.1) is 0 Å². The van der Waals surface area contributed by atoms with E-state index in [-0.39, 0.29) is 18.5 Å². The van der Waals surface area contributed by atoms with Gasteiger partial charge in [-0.3, -0.25) is 10.1 Å². The second kappa shape index (κ2) is 4.28. The van der Waals surface area contributed by atoms with Crippen LogP contribution in [0.3, 0.4) is 0 Å². The molecule has 18 heavy (non-hydrogen) atoms. The molecule has 0 bridgehead atoms. The minimum atomic E-state index is -0.341. The van der Waals surface area contributed by atoms with Gasteiger partial charge in [-0.2, -0.15) is 0 Å². The lowest BCUT2D eigenvalue weighted by Crippen LogP contribution is -2.27. The van der Waals surface area contributed by atoms with Gasteiger partial charge in [-0.1, -0.05) is 15.9 Å². The number of fused-ring (bicyclic) bond motifs is 1. The fourth-order valence-corrected chi connectivity index (χ4v) is 2.83. The van der Waals surface area contributed by atoms with Crippen molar-refractivity contribution in [2.45, 2.75) is 13.0 Å². The number of nitrogens with one attached hydrogen (secondary N) is 1. The Kier molecular flexibility index (Phi) is 2.74. The minimum Gasteiger partial charge on any atom is -0.493 e. The minimum absolute atomic E-state index is 0.111. The second-order valence-electron chi connectivity index (χ2n) is 4.36. The summed E-state index contributed by atoms with van der Waals surface area (Å²) in [4.78, 5) is 24.1. The van der Waals surface area contributed by atoms with Crippen molar-refractivity contribution in [2.24, 2.45) is 0 Å². The second-order valence-corrected chi connectivity index (χ2v) is 5.28. The Morgan fingerprint density at radius 2 is 2.22 bits per heavy atom. The molecule has 6 heteroatoms. The molecule has 3 amide bonds. The van der Waals surface area contributed by atoms with E-state index in [2.05, 4.69) is 21.2 Å². The van der Waals surface area contributed by atoms with Gasteiger partial charge in [0.2, 0.25) is 5.91 Å². The van der Waals surface area contributed by atoms with E-state index >= 15 is 0 Å². The molecule has 0 atom stereocenters. The number of urea groups is 1. The molecule has 2 heterocycles. The maximum Gasteiger partial charge on any atom is 0.324 e. The molecule has 0 unspecified atom stereocenters. The van der Waals surface area contributed by atoms with Crippen molar-refractivity contribution in [3.8, 4) is 5.75 Å². The molecule has 1 saturated heterocycles. The third-order valence-corrected chi connectivity index (χ3v) is 3.51. The van der Waals surface area contributed by atoms with Crippen LogP contribution >= 0.6 is 15.9 Å². The molecule has 1 fully saturated rings. The Balaban J connectivity index is 1.89. The van der Waals surface area contributed by atoms with E-state index in [1.54, 1.807) is 0 Å². The summed E-state index contributed by atoms with van der Waals surface area (Å²) in [7, 11) is 0. The lowest BCUT2D eigenvalue weighted by molar-refractivity contribution is -0.118. The fourth-order valence-electron chi connectivity index (χ4n) is 2.28. The first kappa shape index (κ1) is 11.5. The highest BCUT2D eigenvalue weighted by molar-refractivity contribution is 9.10. The number of imide groups is 1. The van der Waals surface area contributed by atoms with Crippen LogP contribution < -0.4 is 10.1 Å². The third-order valence-electron chi connectivity index (χ3n) is 3.05. The van der Waals surface area contributed by atoms with Crippen LogP contribution in [0.25, 0.3) is 0 Å². The van der Waals surface area contributed by atoms with Gasteiger partial charge in [0.15, 0.2) is 0 Å². The molecule has 0 radical (unpaired) electrons. The Morgan fingerprint density at radius 3 is 2.94 bits per heavy atom. The number of halogens is 1. The number of hydrogen-bond acceptors (Lipinski definition) is 3. The summed E-state index contributed by atoms with van der Waals surface area (Å²) in [5.41, 5.74) is 2.08. The molecule has 0 saturated carbocycles. The number of amides is 3. The highest BCUT2D eigenvalue weighted by Crippen LogP contribution is 2.33. The molecular weight excluding hydrogens is 300 g/mol. The van der Waals surface area contributed by atoms with Crippen LogP contribution in [0.15, 0.2) is 16.6 Å². The van der Waals surface area contributed by atoms with Gasteiger partial charge >= 0.3 is 6.03 Å². The first-order valence-corrected chi connectivity index (χ1v) is 6.45. The largest absolute Gasteiger partial charge is 0.493 e. The predicted molar refractivity (Wildman–Crippen MR) is 67.3 cm³/mol. The number of carbonyl (C=O) groups is 2. The van der Waals surface area contributed by atoms with E-state index in [4.69, 9.17) is 4.74 Å². The van der Waals surface area contributed by atoms with Crippen molar-refractivity contribution in [3.05, 3.63) is 27.7 Å². The van der Waals surface area contributed by atoms with Crippen molar-refractivity contribution in [3.63, 3.8) is 0 Å². The molecule has 3 rings (SSSR count). The van der Waals surface area contributed by atoms with Crippen LogP contribution in [-0.4, -0.2) is 30.0 Å². The molecule has 1 aromatic rings. The third kappa shape index (κ3) is 1.96. The molecule has 1 N–H and O–H groups in total. The Morgan fingerprint density at radius 1 is 1.39 bits per heavy atom. The standard InChI is InChI=1S/C12H11BrN2O3/c13-9-3-7-1-2-18-11(7)8(4-9)5-15-6-10(16)14-12(15)17/h3-4H,1-2,5-6H2,(H,14,16,17). The number of nitrogens with zero attached hydrogens (tertiary/aromatic N) is 1. The lowest BCUT2D eigenvalue weighted by Gasteiger charge is -2.15. The van der Waals surface area contributed by atoms with Crippen LogP contribution in [-0.2, 0) is 17.8 Å². The van der Waals surface area contributed by atoms with Gasteiger partial charge in [-0.25, -0.2) is 4.79 Å². The molecule has 0 spiro atoms. The van der Waals surface area contributed by atoms with Crippen LogP contribution in [0, 0.1) is 0 Å². The van der Waals surface area contributed by atoms with Gasteiger partial charge < -0.3 is 9.64 Å². The SMILES string of the molecule is O=C1CN(Cc2cc(Br)cc3c2OCC3)C(=O)N1. The molecule has 94 valence electrons. The average Bonchev–Trinajstić information content (AvgIpc) is 2.86. The van der Waals surface area contributed by atoms with Crippen molar-refractivity contribution in [1.29, 1.82) is 0 Å². The smallest absolute Gasteiger partial charge is 0.324 e. The highest BCUT2D eigenvalue weighted by atomic mass is 79.9. The number of carbonyl (C=O) groups excluding carboxylic acids is 2. The summed E-state index contributed by atoms with van der Waals surface area (Å²) in [6, 6.07) is 3.62. The fraction of sp³-hybridized carbons (Fsp3) is 0.333. The normalized spacial score (nSPS) is 17.7. The van der Waals surface area contributed by atoms with E-state index in [9.17, 15) is 9.59 Å². The maximum atomic E-state index is 11.5. The summed E-state index contributed by atoms with van der Waals surface area (Å²) < 4.78 is 6.56. The molecule has 2 aliphatic heterocycles. The zero-order chi connectivity index (χ0) is 12.7. The van der Waals surface area contributed by atoms with Gasteiger partial charge in [0.25, 0.3) is 0 Å². The summed E-state index contributed by atoms with van der Waals surface area (Å²) in [6.45, 7) is 1.17. The van der Waals surface area contributed by atoms with Crippen molar-refractivity contribution in [1.82, 2.24) is 10.2 Å². The number of benzene rings is 1. The van der Waals surface area contributed by atoms with Gasteiger partial charge in [0.1, 0.15) is 12.3 Å². The highest BCUT2D eigenvalue weighted by Gasteiger charge is 2.28. The topological polar surface area (TPSA) is 58.6 Å². The molecule has 0 aromatic heterocycles. The average molecular weight is 311 g/mol. The number of ether oxygens (including phenoxy) is 1. The first-order chi connectivity index (χ1) is 8.63. The summed E-state index contributed by atoms with van der Waals surface area (Å²) >= 11 is 3.45. The Labute approximate surface area is 112 Å². The van der Waals surface area contributed by atoms with Crippen LogP contribution in [0.2, 0.25) is 0 Å². The van der Waals surface area contributed by atoms with E-state index in [1.807, 2.05) is 12.1 Å². The van der Waals surface area contributed by atoms with Gasteiger partial charge in [-0.05, 0) is 17.7 Å². The summed E-state index contributed by atoms with van der Waals surface area (Å²) in [5, 5.41) is 2.26. The Hall–Kier alpha value is -1.56. The van der Waals surface area contributed by atoms with Crippen molar-refractivity contribution < 1.29 is 14.3 Å². The lowest BCUT2D eigenvalue weighted by atomic mass is 10.1. The maximum absolute atomic E-state index is 11.5. The molecule has 0 aliphatic carbocycles.